The number of nitro groups is 2. The van der Waals surface area contributed by atoms with Crippen LogP contribution < -0.4 is 11.1 Å². The van der Waals surface area contributed by atoms with Crippen LogP contribution in [0, 0.1) is 20.2 Å². The molecular formula is C27H27N5O5S3. The highest BCUT2D eigenvalue weighted by Gasteiger charge is 2.08. The highest BCUT2D eigenvalue weighted by Crippen LogP contribution is 2.23. The van der Waals surface area contributed by atoms with E-state index in [4.69, 9.17) is 5.73 Å². The van der Waals surface area contributed by atoms with Gasteiger partial charge >= 0.3 is 5.70 Å². The molecule has 3 N–H and O–H groups in total. The van der Waals surface area contributed by atoms with Crippen molar-refractivity contribution in [2.24, 2.45) is 0 Å². The molecule has 0 bridgehead atoms. The molecule has 13 heteroatoms. The summed E-state index contributed by atoms with van der Waals surface area (Å²) in [4.78, 5) is 37.4. The molecule has 0 aliphatic carbocycles. The van der Waals surface area contributed by atoms with E-state index >= 15 is 0 Å². The second kappa shape index (κ2) is 16.8. The van der Waals surface area contributed by atoms with Gasteiger partial charge in [-0.3, -0.25) is 25.0 Å². The summed E-state index contributed by atoms with van der Waals surface area (Å²) in [5.41, 5.74) is 7.36. The van der Waals surface area contributed by atoms with Crippen LogP contribution in [0.4, 0.5) is 17.1 Å². The van der Waals surface area contributed by atoms with Crippen LogP contribution in [0.5, 0.6) is 0 Å². The normalized spacial score (nSPS) is 10.4. The van der Waals surface area contributed by atoms with Gasteiger partial charge in [0.2, 0.25) is 6.29 Å². The van der Waals surface area contributed by atoms with Gasteiger partial charge in [0.25, 0.3) is 5.69 Å². The Morgan fingerprint density at radius 2 is 1.50 bits per heavy atom. The van der Waals surface area contributed by atoms with Gasteiger partial charge in [-0.25, -0.2) is 4.98 Å². The lowest BCUT2D eigenvalue weighted by atomic mass is 10.2. The maximum atomic E-state index is 10.5. The van der Waals surface area contributed by atoms with Gasteiger partial charge in [0.1, 0.15) is 6.20 Å². The number of nitrogens with zero attached hydrogens (tertiary/aromatic N) is 3. The molecule has 0 radical (unpaired) electrons. The van der Waals surface area contributed by atoms with Crippen LogP contribution in [0.15, 0.2) is 106 Å². The summed E-state index contributed by atoms with van der Waals surface area (Å²) < 4.78 is 0. The number of aldehydes is 1. The zero-order valence-corrected chi connectivity index (χ0v) is 24.3. The van der Waals surface area contributed by atoms with Gasteiger partial charge < -0.3 is 11.1 Å². The number of benzene rings is 3. The quantitative estimate of drug-likeness (QED) is 0.0539. The van der Waals surface area contributed by atoms with Crippen molar-refractivity contribution in [3.63, 3.8) is 0 Å². The Morgan fingerprint density at radius 1 is 0.875 bits per heavy atom. The van der Waals surface area contributed by atoms with E-state index in [1.165, 1.54) is 17.2 Å². The fourth-order valence-corrected chi connectivity index (χ4v) is 4.32. The second-order valence-electron chi connectivity index (χ2n) is 7.61. The van der Waals surface area contributed by atoms with Crippen LogP contribution in [0.1, 0.15) is 0 Å². The van der Waals surface area contributed by atoms with E-state index in [2.05, 4.69) is 10.3 Å². The van der Waals surface area contributed by atoms with E-state index < -0.39 is 15.5 Å². The molecule has 0 unspecified atom stereocenters. The number of pyridine rings is 1. The molecule has 208 valence electrons. The molecule has 0 saturated carbocycles. The number of carbonyl (C=O) groups excluding carboxylic acids is 1. The molecule has 4 rings (SSSR count). The maximum absolute atomic E-state index is 10.5. The number of allylic oxidation sites excluding steroid dienone is 1. The SMILES string of the molecule is CSc1ccc2cc([N+](=O)[O-])cnc2c1.CSc1cccc(N)c1.CSc1cccc(N/C=C(\C=O)[N+](=O)[O-])c1. The van der Waals surface area contributed by atoms with E-state index in [0.717, 1.165) is 32.6 Å². The molecule has 0 fully saturated rings. The van der Waals surface area contributed by atoms with Crippen molar-refractivity contribution in [1.82, 2.24) is 4.98 Å². The largest absolute Gasteiger partial charge is 0.399 e. The fraction of sp³-hybridized carbons (Fsp3) is 0.111. The number of nitrogens with two attached hydrogens (primary N) is 1. The minimum Gasteiger partial charge on any atom is -0.399 e. The third-order valence-corrected chi connectivity index (χ3v) is 7.15. The lowest BCUT2D eigenvalue weighted by molar-refractivity contribution is -0.417. The number of hydrogen-bond donors (Lipinski definition) is 2. The van der Waals surface area contributed by atoms with E-state index in [-0.39, 0.29) is 12.0 Å². The minimum atomic E-state index is -0.738. The van der Waals surface area contributed by atoms with Crippen LogP contribution in [0.2, 0.25) is 0 Å². The predicted octanol–water partition coefficient (Wildman–Crippen LogP) is 6.99. The Bertz CT molecular complexity index is 1500. The van der Waals surface area contributed by atoms with Gasteiger partial charge in [0.15, 0.2) is 0 Å². The highest BCUT2D eigenvalue weighted by molar-refractivity contribution is 7.99. The first-order chi connectivity index (χ1) is 19.2. The van der Waals surface area contributed by atoms with Crippen molar-refractivity contribution >= 4 is 69.5 Å². The first-order valence-corrected chi connectivity index (χ1v) is 15.1. The molecule has 1 heterocycles. The minimum absolute atomic E-state index is 0.0272. The second-order valence-corrected chi connectivity index (χ2v) is 10.2. The number of anilines is 2. The molecule has 0 saturated heterocycles. The molecule has 40 heavy (non-hydrogen) atoms. The number of fused-ring (bicyclic) bond motifs is 1. The molecule has 0 spiro atoms. The monoisotopic (exact) mass is 597 g/mol. The van der Waals surface area contributed by atoms with E-state index in [1.54, 1.807) is 41.4 Å². The molecule has 1 aromatic heterocycles. The fourth-order valence-electron chi connectivity index (χ4n) is 2.96. The first kappa shape index (κ1) is 32.1. The Morgan fingerprint density at radius 3 is 2.05 bits per heavy atom. The molecule has 4 aromatic rings. The van der Waals surface area contributed by atoms with Gasteiger partial charge in [-0.15, -0.1) is 35.3 Å². The average Bonchev–Trinajstić information content (AvgIpc) is 2.97. The third kappa shape index (κ3) is 10.6. The van der Waals surface area contributed by atoms with E-state index in [1.807, 2.05) is 79.4 Å². The molecule has 0 amide bonds. The highest BCUT2D eigenvalue weighted by atomic mass is 32.2. The summed E-state index contributed by atoms with van der Waals surface area (Å²) in [7, 11) is 0. The number of aromatic nitrogens is 1. The number of thioether (sulfide) groups is 3. The van der Waals surface area contributed by atoms with Gasteiger partial charge in [-0.1, -0.05) is 18.2 Å². The molecule has 0 aliphatic rings. The smallest absolute Gasteiger partial charge is 0.324 e. The number of carbonyl (C=O) groups is 1. The van der Waals surface area contributed by atoms with Gasteiger partial charge in [-0.2, -0.15) is 0 Å². The zero-order valence-electron chi connectivity index (χ0n) is 21.8. The molecule has 3 aromatic carbocycles. The summed E-state index contributed by atoms with van der Waals surface area (Å²) in [6.07, 6.45) is 8.51. The summed E-state index contributed by atoms with van der Waals surface area (Å²) in [6, 6.07) is 22.4. The lowest BCUT2D eigenvalue weighted by Crippen LogP contribution is -2.02. The maximum Gasteiger partial charge on any atom is 0.324 e. The Hall–Kier alpha value is -4.07. The van der Waals surface area contributed by atoms with Crippen molar-refractivity contribution in [3.8, 4) is 0 Å². The van der Waals surface area contributed by atoms with Crippen molar-refractivity contribution in [2.45, 2.75) is 14.7 Å². The van der Waals surface area contributed by atoms with Gasteiger partial charge in [-0.05, 0) is 67.3 Å². The number of nitrogen functional groups attached to an aromatic ring is 1. The van der Waals surface area contributed by atoms with Gasteiger partial charge in [0.05, 0.1) is 21.6 Å². The summed E-state index contributed by atoms with van der Waals surface area (Å²) in [5, 5.41) is 24.4. The van der Waals surface area contributed by atoms with E-state index in [9.17, 15) is 25.0 Å². The molecule has 0 aliphatic heterocycles. The first-order valence-electron chi connectivity index (χ1n) is 11.4. The Labute approximate surface area is 244 Å². The molecule has 10 nitrogen and oxygen atoms in total. The van der Waals surface area contributed by atoms with Crippen LogP contribution in [-0.2, 0) is 4.79 Å². The zero-order chi connectivity index (χ0) is 29.5. The lowest BCUT2D eigenvalue weighted by Gasteiger charge is -2.02. The van der Waals surface area contributed by atoms with Crippen LogP contribution in [0.3, 0.4) is 0 Å². The Kier molecular flexibility index (Phi) is 13.5. The predicted molar refractivity (Wildman–Crippen MR) is 166 cm³/mol. The van der Waals surface area contributed by atoms with E-state index in [0.29, 0.717) is 5.69 Å². The summed E-state index contributed by atoms with van der Waals surface area (Å²) >= 11 is 4.89. The van der Waals surface area contributed by atoms with Crippen molar-refractivity contribution < 1.29 is 14.6 Å². The standard InChI is InChI=1S/C10H10N2O3S.C10H8N2O2S.C7H9NS/c1-16-10-4-2-3-8(5-10)11-6-9(7-13)12(14)15;1-15-9-3-2-7-4-8(12(13)14)6-11-10(7)5-9;1-9-7-4-2-3-6(8)5-7/h2-7,11H,1H3;2-6H,1H3;2-5H,8H2,1H3/b9-6+;;. The molecule has 0 atom stereocenters. The topological polar surface area (TPSA) is 154 Å². The number of nitrogens with one attached hydrogen (secondary N) is 1. The van der Waals surface area contributed by atoms with Crippen LogP contribution in [0.25, 0.3) is 10.9 Å². The van der Waals surface area contributed by atoms with Crippen molar-refractivity contribution in [2.75, 3.05) is 29.8 Å². The third-order valence-electron chi connectivity index (χ3n) is 4.97. The summed E-state index contributed by atoms with van der Waals surface area (Å²) in [5.74, 6) is 0. The Balaban J connectivity index is 0.000000218. The number of hydrogen-bond acceptors (Lipinski definition) is 11. The van der Waals surface area contributed by atoms with Crippen LogP contribution >= 0.6 is 35.3 Å². The van der Waals surface area contributed by atoms with Crippen molar-refractivity contribution in [3.05, 3.63) is 111 Å². The summed E-state index contributed by atoms with van der Waals surface area (Å²) in [6.45, 7) is 0. The van der Waals surface area contributed by atoms with Crippen LogP contribution in [-0.4, -0.2) is 39.9 Å². The molecular weight excluding hydrogens is 571 g/mol. The average molecular weight is 598 g/mol. The number of rotatable bonds is 8. The van der Waals surface area contributed by atoms with Gasteiger partial charge in [0, 0.05) is 37.5 Å². The van der Waals surface area contributed by atoms with Crippen molar-refractivity contribution in [1.29, 1.82) is 0 Å².